The van der Waals surface area contributed by atoms with Crippen molar-refractivity contribution in [2.45, 2.75) is 5.25 Å². The number of hydrogen-bond acceptors (Lipinski definition) is 3. The number of thioether (sulfide) groups is 1. The molecule has 0 aliphatic carbocycles. The van der Waals surface area contributed by atoms with Crippen molar-refractivity contribution in [1.29, 1.82) is 0 Å². The lowest BCUT2D eigenvalue weighted by Gasteiger charge is -2.30. The summed E-state index contributed by atoms with van der Waals surface area (Å²) < 4.78 is 0. The lowest BCUT2D eigenvalue weighted by atomic mass is 10.1. The Morgan fingerprint density at radius 3 is 2.53 bits per heavy atom. The van der Waals surface area contributed by atoms with Gasteiger partial charge in [-0.1, -0.05) is 30.3 Å². The summed E-state index contributed by atoms with van der Waals surface area (Å²) in [6.07, 6.45) is 2.00. The molecule has 0 radical (unpaired) electrons. The number of benzene rings is 1. The number of piperazine rings is 1. The third-order valence-corrected chi connectivity index (χ3v) is 3.94. The van der Waals surface area contributed by atoms with Crippen LogP contribution in [0.3, 0.4) is 0 Å². The lowest BCUT2D eigenvalue weighted by molar-refractivity contribution is -0.131. The molecule has 1 aromatic rings. The van der Waals surface area contributed by atoms with Gasteiger partial charge in [0.2, 0.25) is 5.91 Å². The highest BCUT2D eigenvalue weighted by Crippen LogP contribution is 2.28. The molecule has 1 heterocycles. The lowest BCUT2D eigenvalue weighted by Crippen LogP contribution is -2.47. The Kier molecular flexibility index (Phi) is 4.45. The second-order valence-electron chi connectivity index (χ2n) is 4.10. The van der Waals surface area contributed by atoms with Crippen LogP contribution in [0.2, 0.25) is 0 Å². The Bertz CT molecular complexity index is 363. The molecule has 0 aromatic heterocycles. The molecule has 4 heteroatoms. The molecule has 1 atom stereocenters. The largest absolute Gasteiger partial charge is 0.339 e. The predicted octanol–water partition coefficient (Wildman–Crippen LogP) is 1.52. The van der Waals surface area contributed by atoms with Crippen LogP contribution in [0.4, 0.5) is 0 Å². The minimum atomic E-state index is -0.0608. The third kappa shape index (κ3) is 3.01. The molecular formula is C13H18N2OS. The van der Waals surface area contributed by atoms with E-state index in [0.717, 1.165) is 31.7 Å². The van der Waals surface area contributed by atoms with Crippen molar-refractivity contribution in [2.24, 2.45) is 0 Å². The maximum atomic E-state index is 12.4. The van der Waals surface area contributed by atoms with E-state index in [-0.39, 0.29) is 11.2 Å². The van der Waals surface area contributed by atoms with E-state index in [9.17, 15) is 4.79 Å². The van der Waals surface area contributed by atoms with Crippen LogP contribution in [0.25, 0.3) is 0 Å². The van der Waals surface area contributed by atoms with Crippen LogP contribution in [-0.2, 0) is 4.79 Å². The second kappa shape index (κ2) is 6.07. The number of hydrogen-bond donors (Lipinski definition) is 1. The van der Waals surface area contributed by atoms with E-state index in [1.54, 1.807) is 11.8 Å². The van der Waals surface area contributed by atoms with Crippen molar-refractivity contribution in [2.75, 3.05) is 32.4 Å². The van der Waals surface area contributed by atoms with E-state index in [1.165, 1.54) is 0 Å². The van der Waals surface area contributed by atoms with Crippen molar-refractivity contribution in [3.8, 4) is 0 Å². The molecule has 1 fully saturated rings. The Balaban J connectivity index is 2.10. The average Bonchev–Trinajstić information content (AvgIpc) is 2.42. The summed E-state index contributed by atoms with van der Waals surface area (Å²) >= 11 is 1.61. The summed E-state index contributed by atoms with van der Waals surface area (Å²) in [5, 5.41) is 3.20. The van der Waals surface area contributed by atoms with Gasteiger partial charge in [-0.2, -0.15) is 0 Å². The maximum Gasteiger partial charge on any atom is 0.240 e. The first-order valence-electron chi connectivity index (χ1n) is 5.90. The van der Waals surface area contributed by atoms with Gasteiger partial charge in [0.1, 0.15) is 5.25 Å². The number of nitrogens with zero attached hydrogens (tertiary/aromatic N) is 1. The van der Waals surface area contributed by atoms with Crippen LogP contribution in [0.15, 0.2) is 30.3 Å². The first kappa shape index (κ1) is 12.5. The van der Waals surface area contributed by atoms with Gasteiger partial charge >= 0.3 is 0 Å². The molecule has 1 aromatic carbocycles. The smallest absolute Gasteiger partial charge is 0.240 e. The van der Waals surface area contributed by atoms with Crippen molar-refractivity contribution >= 4 is 17.7 Å². The Labute approximate surface area is 107 Å². The topological polar surface area (TPSA) is 32.3 Å². The van der Waals surface area contributed by atoms with Gasteiger partial charge in [-0.15, -0.1) is 11.8 Å². The third-order valence-electron chi connectivity index (χ3n) is 2.99. The van der Waals surface area contributed by atoms with Crippen LogP contribution >= 0.6 is 11.8 Å². The maximum absolute atomic E-state index is 12.4. The molecule has 17 heavy (non-hydrogen) atoms. The molecule has 1 saturated heterocycles. The van der Waals surface area contributed by atoms with E-state index in [4.69, 9.17) is 0 Å². The molecule has 0 spiro atoms. The van der Waals surface area contributed by atoms with E-state index in [0.29, 0.717) is 0 Å². The molecule has 1 N–H and O–H groups in total. The standard InChI is InChI=1S/C13H18N2OS/c1-17-12(11-5-3-2-4-6-11)13(16)15-9-7-14-8-10-15/h2-6,12,14H,7-10H2,1H3. The van der Waals surface area contributed by atoms with Gasteiger partial charge in [0, 0.05) is 26.2 Å². The highest BCUT2D eigenvalue weighted by Gasteiger charge is 2.25. The van der Waals surface area contributed by atoms with Crippen molar-refractivity contribution in [3.05, 3.63) is 35.9 Å². The molecule has 92 valence electrons. The summed E-state index contributed by atoms with van der Waals surface area (Å²) in [5.41, 5.74) is 1.10. The Hall–Kier alpha value is -1.00. The molecule has 3 nitrogen and oxygen atoms in total. The summed E-state index contributed by atoms with van der Waals surface area (Å²) in [7, 11) is 0. The van der Waals surface area contributed by atoms with Gasteiger partial charge < -0.3 is 10.2 Å². The van der Waals surface area contributed by atoms with Crippen LogP contribution in [0, 0.1) is 0 Å². The molecule has 0 saturated carbocycles. The molecule has 1 aliphatic rings. The zero-order valence-electron chi connectivity index (χ0n) is 10.1. The fourth-order valence-electron chi connectivity index (χ4n) is 2.06. The summed E-state index contributed by atoms with van der Waals surface area (Å²) in [4.78, 5) is 14.4. The van der Waals surface area contributed by atoms with E-state index in [2.05, 4.69) is 5.32 Å². The zero-order chi connectivity index (χ0) is 12.1. The van der Waals surface area contributed by atoms with E-state index in [1.807, 2.05) is 41.5 Å². The number of carbonyl (C=O) groups excluding carboxylic acids is 1. The van der Waals surface area contributed by atoms with Crippen LogP contribution in [0.1, 0.15) is 10.8 Å². The van der Waals surface area contributed by atoms with Crippen molar-refractivity contribution < 1.29 is 4.79 Å². The summed E-state index contributed by atoms with van der Waals surface area (Å²) in [6, 6.07) is 10.0. The summed E-state index contributed by atoms with van der Waals surface area (Å²) in [5.74, 6) is 0.241. The van der Waals surface area contributed by atoms with Gasteiger partial charge in [-0.3, -0.25) is 4.79 Å². The van der Waals surface area contributed by atoms with Crippen molar-refractivity contribution in [1.82, 2.24) is 10.2 Å². The number of amides is 1. The molecule has 1 aliphatic heterocycles. The SMILES string of the molecule is CSC(C(=O)N1CCNCC1)c1ccccc1. The minimum Gasteiger partial charge on any atom is -0.339 e. The number of rotatable bonds is 3. The van der Waals surface area contributed by atoms with Crippen LogP contribution in [-0.4, -0.2) is 43.2 Å². The molecule has 1 amide bonds. The minimum absolute atomic E-state index is 0.0608. The Morgan fingerprint density at radius 1 is 1.29 bits per heavy atom. The monoisotopic (exact) mass is 250 g/mol. The molecule has 1 unspecified atom stereocenters. The zero-order valence-corrected chi connectivity index (χ0v) is 10.9. The quantitative estimate of drug-likeness (QED) is 0.883. The highest BCUT2D eigenvalue weighted by atomic mass is 32.2. The van der Waals surface area contributed by atoms with Gasteiger partial charge in [-0.05, 0) is 11.8 Å². The first-order valence-corrected chi connectivity index (χ1v) is 7.19. The van der Waals surface area contributed by atoms with Gasteiger partial charge in [0.05, 0.1) is 0 Å². The number of nitrogens with one attached hydrogen (secondary N) is 1. The normalized spacial score (nSPS) is 17.8. The fraction of sp³-hybridized carbons (Fsp3) is 0.462. The summed E-state index contributed by atoms with van der Waals surface area (Å²) in [6.45, 7) is 3.45. The van der Waals surface area contributed by atoms with Crippen molar-refractivity contribution in [3.63, 3.8) is 0 Å². The van der Waals surface area contributed by atoms with Gasteiger partial charge in [-0.25, -0.2) is 0 Å². The van der Waals surface area contributed by atoms with Crippen LogP contribution < -0.4 is 5.32 Å². The van der Waals surface area contributed by atoms with E-state index < -0.39 is 0 Å². The Morgan fingerprint density at radius 2 is 1.94 bits per heavy atom. The fourth-order valence-corrected chi connectivity index (χ4v) is 2.84. The molecular weight excluding hydrogens is 232 g/mol. The van der Waals surface area contributed by atoms with Gasteiger partial charge in [0.15, 0.2) is 0 Å². The first-order chi connectivity index (χ1) is 8.33. The molecule has 0 bridgehead atoms. The van der Waals surface area contributed by atoms with E-state index >= 15 is 0 Å². The predicted molar refractivity (Wildman–Crippen MR) is 72.1 cm³/mol. The average molecular weight is 250 g/mol. The second-order valence-corrected chi connectivity index (χ2v) is 5.04. The highest BCUT2D eigenvalue weighted by molar-refractivity contribution is 7.99. The van der Waals surface area contributed by atoms with Gasteiger partial charge in [0.25, 0.3) is 0 Å². The number of carbonyl (C=O) groups is 1. The molecule has 2 rings (SSSR count). The van der Waals surface area contributed by atoms with Crippen LogP contribution in [0.5, 0.6) is 0 Å².